The highest BCUT2D eigenvalue weighted by atomic mass is 32.1. The second kappa shape index (κ2) is 11.6. The normalized spacial score (nSPS) is 14.1. The molecule has 1 saturated carbocycles. The van der Waals surface area contributed by atoms with E-state index in [1.54, 1.807) is 22.3 Å². The summed E-state index contributed by atoms with van der Waals surface area (Å²) in [6.45, 7) is 5.22. The lowest BCUT2D eigenvalue weighted by atomic mass is 9.96. The number of hydrogen-bond donors (Lipinski definition) is 1. The SMILES string of the molecule is C=CCN(CC(=O)N(Cc1ccccc1)Cc1cccs1)C(=O)NC1CCCCC1. The van der Waals surface area contributed by atoms with Crippen LogP contribution in [0.5, 0.6) is 0 Å². The van der Waals surface area contributed by atoms with Gasteiger partial charge in [0.1, 0.15) is 6.54 Å². The molecule has 1 aromatic carbocycles. The van der Waals surface area contributed by atoms with Crippen molar-refractivity contribution in [1.29, 1.82) is 0 Å². The van der Waals surface area contributed by atoms with Crippen molar-refractivity contribution in [2.45, 2.75) is 51.2 Å². The van der Waals surface area contributed by atoms with E-state index in [0.717, 1.165) is 36.1 Å². The first kappa shape index (κ1) is 22.1. The smallest absolute Gasteiger partial charge is 0.318 e. The molecule has 1 fully saturated rings. The van der Waals surface area contributed by atoms with Crippen LogP contribution in [0.3, 0.4) is 0 Å². The molecule has 6 heteroatoms. The monoisotopic (exact) mass is 425 g/mol. The van der Waals surface area contributed by atoms with Crippen LogP contribution < -0.4 is 5.32 Å². The van der Waals surface area contributed by atoms with Crippen LogP contribution in [0.4, 0.5) is 4.79 Å². The predicted octanol–water partition coefficient (Wildman–Crippen LogP) is 4.81. The first-order valence-corrected chi connectivity index (χ1v) is 11.5. The Morgan fingerprint density at radius 2 is 1.80 bits per heavy atom. The summed E-state index contributed by atoms with van der Waals surface area (Å²) in [7, 11) is 0. The van der Waals surface area contributed by atoms with Crippen LogP contribution in [0.1, 0.15) is 42.5 Å². The molecule has 1 aliphatic carbocycles. The van der Waals surface area contributed by atoms with E-state index in [0.29, 0.717) is 19.6 Å². The molecule has 30 heavy (non-hydrogen) atoms. The van der Waals surface area contributed by atoms with Gasteiger partial charge in [-0.05, 0) is 29.9 Å². The number of rotatable bonds is 9. The summed E-state index contributed by atoms with van der Waals surface area (Å²) in [4.78, 5) is 30.6. The highest BCUT2D eigenvalue weighted by Gasteiger charge is 2.24. The lowest BCUT2D eigenvalue weighted by molar-refractivity contribution is -0.133. The molecule has 1 aromatic heterocycles. The molecule has 160 valence electrons. The second-order valence-electron chi connectivity index (χ2n) is 7.77. The molecule has 3 amide bonds. The maximum absolute atomic E-state index is 13.2. The minimum atomic E-state index is -0.175. The fourth-order valence-corrected chi connectivity index (χ4v) is 4.50. The Bertz CT molecular complexity index is 801. The first-order chi connectivity index (χ1) is 14.7. The van der Waals surface area contributed by atoms with Crippen LogP contribution in [-0.4, -0.2) is 40.9 Å². The second-order valence-corrected chi connectivity index (χ2v) is 8.80. The molecular weight excluding hydrogens is 394 g/mol. The summed E-state index contributed by atoms with van der Waals surface area (Å²) < 4.78 is 0. The quantitative estimate of drug-likeness (QED) is 0.586. The number of urea groups is 1. The Balaban J connectivity index is 1.67. The molecule has 2 aromatic rings. The maximum Gasteiger partial charge on any atom is 0.318 e. The third-order valence-corrected chi connectivity index (χ3v) is 6.25. The molecule has 0 spiro atoms. The molecule has 0 radical (unpaired) electrons. The number of thiophene rings is 1. The molecule has 0 atom stereocenters. The van der Waals surface area contributed by atoms with E-state index in [-0.39, 0.29) is 24.5 Å². The lowest BCUT2D eigenvalue weighted by Gasteiger charge is -2.29. The van der Waals surface area contributed by atoms with Gasteiger partial charge in [-0.2, -0.15) is 0 Å². The highest BCUT2D eigenvalue weighted by Crippen LogP contribution is 2.18. The zero-order valence-corrected chi connectivity index (χ0v) is 18.3. The van der Waals surface area contributed by atoms with Crippen molar-refractivity contribution in [1.82, 2.24) is 15.1 Å². The average molecular weight is 426 g/mol. The van der Waals surface area contributed by atoms with Gasteiger partial charge in [0, 0.05) is 24.0 Å². The zero-order chi connectivity index (χ0) is 21.2. The van der Waals surface area contributed by atoms with Crippen molar-refractivity contribution in [3.8, 4) is 0 Å². The van der Waals surface area contributed by atoms with Crippen LogP contribution in [-0.2, 0) is 17.9 Å². The van der Waals surface area contributed by atoms with Crippen molar-refractivity contribution >= 4 is 23.3 Å². The van der Waals surface area contributed by atoms with E-state index in [9.17, 15) is 9.59 Å². The third-order valence-electron chi connectivity index (χ3n) is 5.39. The number of hydrogen-bond acceptors (Lipinski definition) is 3. The summed E-state index contributed by atoms with van der Waals surface area (Å²) in [6.07, 6.45) is 7.24. The fraction of sp³-hybridized carbons (Fsp3) is 0.417. The average Bonchev–Trinajstić information content (AvgIpc) is 3.27. The van der Waals surface area contributed by atoms with Crippen LogP contribution >= 0.6 is 11.3 Å². The molecule has 5 nitrogen and oxygen atoms in total. The predicted molar refractivity (Wildman–Crippen MR) is 122 cm³/mol. The van der Waals surface area contributed by atoms with Crippen molar-refractivity contribution in [3.63, 3.8) is 0 Å². The standard InChI is InChI=1S/C24H31N3O2S/c1-2-15-26(24(29)25-21-12-7-4-8-13-21)19-23(28)27(18-22-14-9-16-30-22)17-20-10-5-3-6-11-20/h2-3,5-6,9-11,14,16,21H,1,4,7-8,12-13,15,17-19H2,(H,25,29). The summed E-state index contributed by atoms with van der Waals surface area (Å²) in [5.74, 6) is -0.0621. The van der Waals surface area contributed by atoms with E-state index in [4.69, 9.17) is 0 Å². The first-order valence-electron chi connectivity index (χ1n) is 10.7. The molecule has 0 unspecified atom stereocenters. The van der Waals surface area contributed by atoms with Gasteiger partial charge in [-0.3, -0.25) is 4.79 Å². The van der Waals surface area contributed by atoms with Crippen LogP contribution in [0.15, 0.2) is 60.5 Å². The van der Waals surface area contributed by atoms with Gasteiger partial charge < -0.3 is 15.1 Å². The van der Waals surface area contributed by atoms with Crippen molar-refractivity contribution in [3.05, 3.63) is 70.9 Å². The molecule has 1 heterocycles. The van der Waals surface area contributed by atoms with E-state index >= 15 is 0 Å². The Hall–Kier alpha value is -2.60. The molecular formula is C24H31N3O2S. The van der Waals surface area contributed by atoms with E-state index in [1.807, 2.05) is 52.7 Å². The highest BCUT2D eigenvalue weighted by molar-refractivity contribution is 7.09. The Labute approximate surface area is 183 Å². The summed E-state index contributed by atoms with van der Waals surface area (Å²) in [6, 6.07) is 14.0. The minimum absolute atomic E-state index is 0.0444. The largest absolute Gasteiger partial charge is 0.335 e. The van der Waals surface area contributed by atoms with Crippen molar-refractivity contribution in [2.75, 3.05) is 13.1 Å². The fourth-order valence-electron chi connectivity index (χ4n) is 3.78. The maximum atomic E-state index is 13.2. The van der Waals surface area contributed by atoms with Gasteiger partial charge in [0.2, 0.25) is 5.91 Å². The van der Waals surface area contributed by atoms with E-state index < -0.39 is 0 Å². The summed E-state index contributed by atoms with van der Waals surface area (Å²) in [5.41, 5.74) is 1.07. The van der Waals surface area contributed by atoms with Gasteiger partial charge in [-0.15, -0.1) is 17.9 Å². The minimum Gasteiger partial charge on any atom is -0.335 e. The molecule has 0 aliphatic heterocycles. The summed E-state index contributed by atoms with van der Waals surface area (Å²) in [5, 5.41) is 5.13. The van der Waals surface area contributed by atoms with Gasteiger partial charge in [-0.25, -0.2) is 4.79 Å². The summed E-state index contributed by atoms with van der Waals surface area (Å²) >= 11 is 1.64. The zero-order valence-electron chi connectivity index (χ0n) is 17.5. The van der Waals surface area contributed by atoms with Crippen molar-refractivity contribution < 1.29 is 9.59 Å². The van der Waals surface area contributed by atoms with Gasteiger partial charge in [0.15, 0.2) is 0 Å². The van der Waals surface area contributed by atoms with Crippen LogP contribution in [0.25, 0.3) is 0 Å². The van der Waals surface area contributed by atoms with Gasteiger partial charge in [-0.1, -0.05) is 61.7 Å². The number of carbonyl (C=O) groups excluding carboxylic acids is 2. The number of nitrogens with zero attached hydrogens (tertiary/aromatic N) is 2. The lowest BCUT2D eigenvalue weighted by Crippen LogP contribution is -2.49. The Morgan fingerprint density at radius 3 is 2.47 bits per heavy atom. The molecule has 0 bridgehead atoms. The van der Waals surface area contributed by atoms with Crippen molar-refractivity contribution in [2.24, 2.45) is 0 Å². The van der Waals surface area contributed by atoms with E-state index in [1.165, 1.54) is 6.42 Å². The Morgan fingerprint density at radius 1 is 1.03 bits per heavy atom. The third kappa shape index (κ3) is 6.73. The molecule has 0 saturated heterocycles. The van der Waals surface area contributed by atoms with Gasteiger partial charge in [0.05, 0.1) is 6.54 Å². The van der Waals surface area contributed by atoms with Gasteiger partial charge in [0.25, 0.3) is 0 Å². The number of benzene rings is 1. The van der Waals surface area contributed by atoms with Gasteiger partial charge >= 0.3 is 6.03 Å². The van der Waals surface area contributed by atoms with Crippen LogP contribution in [0.2, 0.25) is 0 Å². The topological polar surface area (TPSA) is 52.7 Å². The molecule has 1 N–H and O–H groups in total. The van der Waals surface area contributed by atoms with Crippen LogP contribution in [0, 0.1) is 0 Å². The van der Waals surface area contributed by atoms with E-state index in [2.05, 4.69) is 11.9 Å². The molecule has 1 aliphatic rings. The number of nitrogens with one attached hydrogen (secondary N) is 1. The number of amides is 3. The number of carbonyl (C=O) groups is 2. The molecule has 3 rings (SSSR count). The Kier molecular flexibility index (Phi) is 8.51.